The van der Waals surface area contributed by atoms with E-state index in [0.717, 1.165) is 11.3 Å². The summed E-state index contributed by atoms with van der Waals surface area (Å²) >= 11 is 0. The largest absolute Gasteiger partial charge is 0.507 e. The highest BCUT2D eigenvalue weighted by atomic mass is 16.3. The first-order chi connectivity index (χ1) is 6.86. The molecule has 0 bridgehead atoms. The number of phenols is 1. The fourth-order valence-electron chi connectivity index (χ4n) is 1.19. The number of para-hydroxylation sites is 1. The van der Waals surface area contributed by atoms with Gasteiger partial charge in [0.15, 0.2) is 0 Å². The molecule has 0 saturated heterocycles. The van der Waals surface area contributed by atoms with Crippen molar-refractivity contribution >= 4 is 12.2 Å². The van der Waals surface area contributed by atoms with Crippen molar-refractivity contribution in [3.05, 3.63) is 54.0 Å². The van der Waals surface area contributed by atoms with Crippen molar-refractivity contribution in [2.24, 2.45) is 0 Å². The van der Waals surface area contributed by atoms with Gasteiger partial charge in [0.25, 0.3) is 0 Å². The van der Waals surface area contributed by atoms with E-state index in [1.807, 2.05) is 36.4 Å². The highest BCUT2D eigenvalue weighted by Crippen LogP contribution is 2.18. The van der Waals surface area contributed by atoms with Gasteiger partial charge in [-0.3, -0.25) is 0 Å². The molecular formula is C12H10O2. The Bertz CT molecular complexity index is 427. The number of hydrogen-bond acceptors (Lipinski definition) is 2. The number of furan rings is 1. The average molecular weight is 186 g/mol. The molecule has 2 heteroatoms. The molecule has 1 heterocycles. The van der Waals surface area contributed by atoms with Crippen LogP contribution < -0.4 is 0 Å². The first-order valence-corrected chi connectivity index (χ1v) is 4.36. The van der Waals surface area contributed by atoms with Crippen LogP contribution in [0.15, 0.2) is 47.1 Å². The van der Waals surface area contributed by atoms with Crippen LogP contribution in [0, 0.1) is 0 Å². The zero-order chi connectivity index (χ0) is 9.80. The average Bonchev–Trinajstić information content (AvgIpc) is 2.69. The van der Waals surface area contributed by atoms with Gasteiger partial charge in [-0.15, -0.1) is 0 Å². The van der Waals surface area contributed by atoms with Gasteiger partial charge in [0, 0.05) is 5.56 Å². The monoisotopic (exact) mass is 186 g/mol. The summed E-state index contributed by atoms with van der Waals surface area (Å²) in [4.78, 5) is 0. The quantitative estimate of drug-likeness (QED) is 0.781. The van der Waals surface area contributed by atoms with E-state index in [2.05, 4.69) is 0 Å². The van der Waals surface area contributed by atoms with Crippen LogP contribution in [0.5, 0.6) is 5.75 Å². The van der Waals surface area contributed by atoms with Crippen molar-refractivity contribution in [1.82, 2.24) is 0 Å². The van der Waals surface area contributed by atoms with Crippen molar-refractivity contribution in [1.29, 1.82) is 0 Å². The Balaban J connectivity index is 2.23. The standard InChI is InChI=1S/C12H10O2/c13-12-6-2-1-4-10(12)7-8-11-5-3-9-14-11/h1-9,13H/b8-7+. The topological polar surface area (TPSA) is 33.4 Å². The predicted molar refractivity (Wildman–Crippen MR) is 55.7 cm³/mol. The molecule has 1 aromatic heterocycles. The molecule has 70 valence electrons. The lowest BCUT2D eigenvalue weighted by Gasteiger charge is -1.95. The van der Waals surface area contributed by atoms with Crippen LogP contribution in [0.25, 0.3) is 12.2 Å². The van der Waals surface area contributed by atoms with E-state index in [9.17, 15) is 5.11 Å². The minimum absolute atomic E-state index is 0.273. The van der Waals surface area contributed by atoms with Crippen LogP contribution in [0.4, 0.5) is 0 Å². The molecule has 0 fully saturated rings. The smallest absolute Gasteiger partial charge is 0.126 e. The van der Waals surface area contributed by atoms with E-state index < -0.39 is 0 Å². The van der Waals surface area contributed by atoms with E-state index in [1.54, 1.807) is 18.4 Å². The third-order valence-corrected chi connectivity index (χ3v) is 1.91. The normalized spacial score (nSPS) is 10.9. The second-order valence-electron chi connectivity index (χ2n) is 2.91. The second-order valence-corrected chi connectivity index (χ2v) is 2.91. The summed E-state index contributed by atoms with van der Waals surface area (Å²) in [6, 6.07) is 10.8. The maximum atomic E-state index is 9.46. The Morgan fingerprint density at radius 1 is 1.00 bits per heavy atom. The zero-order valence-electron chi connectivity index (χ0n) is 7.55. The third-order valence-electron chi connectivity index (χ3n) is 1.91. The SMILES string of the molecule is Oc1ccccc1/C=C/c1ccco1. The number of benzene rings is 1. The Morgan fingerprint density at radius 3 is 2.57 bits per heavy atom. The molecule has 0 radical (unpaired) electrons. The van der Waals surface area contributed by atoms with Crippen molar-refractivity contribution in [3.8, 4) is 5.75 Å². The van der Waals surface area contributed by atoms with E-state index in [4.69, 9.17) is 4.42 Å². The molecule has 1 N–H and O–H groups in total. The van der Waals surface area contributed by atoms with Gasteiger partial charge >= 0.3 is 0 Å². The molecular weight excluding hydrogens is 176 g/mol. The van der Waals surface area contributed by atoms with Gasteiger partial charge in [-0.1, -0.05) is 18.2 Å². The predicted octanol–water partition coefficient (Wildman–Crippen LogP) is 3.16. The summed E-state index contributed by atoms with van der Waals surface area (Å²) in [6.07, 6.45) is 5.24. The first-order valence-electron chi connectivity index (χ1n) is 4.36. The summed E-state index contributed by atoms with van der Waals surface area (Å²) < 4.78 is 5.13. The van der Waals surface area contributed by atoms with Crippen molar-refractivity contribution < 1.29 is 9.52 Å². The maximum absolute atomic E-state index is 9.46. The van der Waals surface area contributed by atoms with E-state index in [-0.39, 0.29) is 5.75 Å². The van der Waals surface area contributed by atoms with Gasteiger partial charge in [-0.05, 0) is 30.4 Å². The van der Waals surface area contributed by atoms with Crippen LogP contribution in [-0.2, 0) is 0 Å². The van der Waals surface area contributed by atoms with Crippen LogP contribution in [0.1, 0.15) is 11.3 Å². The summed E-state index contributed by atoms with van der Waals surface area (Å²) in [5.41, 5.74) is 0.781. The summed E-state index contributed by atoms with van der Waals surface area (Å²) in [7, 11) is 0. The van der Waals surface area contributed by atoms with Crippen LogP contribution in [0.2, 0.25) is 0 Å². The van der Waals surface area contributed by atoms with Gasteiger partial charge in [0.2, 0.25) is 0 Å². The molecule has 2 rings (SSSR count). The first kappa shape index (κ1) is 8.63. The molecule has 0 amide bonds. The highest BCUT2D eigenvalue weighted by Gasteiger charge is 1.94. The lowest BCUT2D eigenvalue weighted by molar-refractivity contribution is 0.474. The lowest BCUT2D eigenvalue weighted by atomic mass is 10.2. The summed E-state index contributed by atoms with van der Waals surface area (Å²) in [5.74, 6) is 1.04. The van der Waals surface area contributed by atoms with Gasteiger partial charge in [0.05, 0.1) is 6.26 Å². The van der Waals surface area contributed by atoms with Crippen molar-refractivity contribution in [2.75, 3.05) is 0 Å². The van der Waals surface area contributed by atoms with Gasteiger partial charge in [-0.25, -0.2) is 0 Å². The van der Waals surface area contributed by atoms with Crippen LogP contribution >= 0.6 is 0 Å². The Kier molecular flexibility index (Phi) is 2.36. The number of rotatable bonds is 2. The van der Waals surface area contributed by atoms with Gasteiger partial charge in [0.1, 0.15) is 11.5 Å². The van der Waals surface area contributed by atoms with Crippen molar-refractivity contribution in [2.45, 2.75) is 0 Å². The molecule has 0 unspecified atom stereocenters. The molecule has 0 atom stereocenters. The minimum atomic E-state index is 0.273. The molecule has 14 heavy (non-hydrogen) atoms. The molecule has 1 aromatic carbocycles. The molecule has 0 saturated carbocycles. The van der Waals surface area contributed by atoms with Gasteiger partial charge in [-0.2, -0.15) is 0 Å². The fraction of sp³-hybridized carbons (Fsp3) is 0. The Labute approximate surface area is 82.1 Å². The molecule has 0 aliphatic carbocycles. The van der Waals surface area contributed by atoms with E-state index >= 15 is 0 Å². The van der Waals surface area contributed by atoms with Crippen LogP contribution in [0.3, 0.4) is 0 Å². The summed E-state index contributed by atoms with van der Waals surface area (Å²) in [6.45, 7) is 0. The molecule has 2 aromatic rings. The fourth-order valence-corrected chi connectivity index (χ4v) is 1.19. The second kappa shape index (κ2) is 3.83. The van der Waals surface area contributed by atoms with Crippen molar-refractivity contribution in [3.63, 3.8) is 0 Å². The minimum Gasteiger partial charge on any atom is -0.507 e. The Morgan fingerprint density at radius 2 is 1.86 bits per heavy atom. The number of hydrogen-bond donors (Lipinski definition) is 1. The maximum Gasteiger partial charge on any atom is 0.126 e. The number of phenolic OH excluding ortho intramolecular Hbond substituents is 1. The molecule has 2 nitrogen and oxygen atoms in total. The van der Waals surface area contributed by atoms with E-state index in [0.29, 0.717) is 0 Å². The Hall–Kier alpha value is -1.96. The summed E-state index contributed by atoms with van der Waals surface area (Å²) in [5, 5.41) is 9.46. The van der Waals surface area contributed by atoms with E-state index in [1.165, 1.54) is 0 Å². The third kappa shape index (κ3) is 1.85. The van der Waals surface area contributed by atoms with Crippen LogP contribution in [-0.4, -0.2) is 5.11 Å². The zero-order valence-corrected chi connectivity index (χ0v) is 7.55. The molecule has 0 aliphatic rings. The number of aromatic hydroxyl groups is 1. The molecule has 0 spiro atoms. The highest BCUT2D eigenvalue weighted by molar-refractivity contribution is 5.70. The molecule has 0 aliphatic heterocycles. The lowest BCUT2D eigenvalue weighted by Crippen LogP contribution is -1.72. The van der Waals surface area contributed by atoms with Gasteiger partial charge < -0.3 is 9.52 Å².